The fourth-order valence-corrected chi connectivity index (χ4v) is 2.89. The van der Waals surface area contributed by atoms with Gasteiger partial charge in [0.2, 0.25) is 0 Å². The molecule has 100 valence electrons. The smallest absolute Gasteiger partial charge is 0.258 e. The summed E-state index contributed by atoms with van der Waals surface area (Å²) >= 11 is 6.65. The lowest BCUT2D eigenvalue weighted by atomic mass is 10.0. The maximum Gasteiger partial charge on any atom is 0.258 e. The van der Waals surface area contributed by atoms with Gasteiger partial charge < -0.3 is 14.1 Å². The van der Waals surface area contributed by atoms with E-state index in [0.717, 1.165) is 0 Å². The van der Waals surface area contributed by atoms with Crippen LogP contribution in [0.25, 0.3) is 0 Å². The van der Waals surface area contributed by atoms with Gasteiger partial charge in [-0.05, 0) is 35.8 Å². The van der Waals surface area contributed by atoms with E-state index < -0.39 is 0 Å². The van der Waals surface area contributed by atoms with E-state index in [1.54, 1.807) is 6.07 Å². The van der Waals surface area contributed by atoms with Crippen molar-refractivity contribution in [2.45, 2.75) is 25.6 Å². The van der Waals surface area contributed by atoms with Gasteiger partial charge in [0, 0.05) is 18.4 Å². The zero-order valence-corrected chi connectivity index (χ0v) is 13.5. The highest BCUT2D eigenvalue weighted by Crippen LogP contribution is 2.26. The molecule has 0 bridgehead atoms. The Hall–Kier alpha value is -0.330. The number of rotatable bonds is 2. The molecule has 1 atom stereocenters. The number of morpholine rings is 1. The number of ether oxygens (including phenoxy) is 1. The van der Waals surface area contributed by atoms with Gasteiger partial charge in [-0.2, -0.15) is 0 Å². The predicted molar refractivity (Wildman–Crippen MR) is 75.1 cm³/mol. The minimum atomic E-state index is -0.331. The number of hydrogen-bond acceptors (Lipinski definition) is 3. The van der Waals surface area contributed by atoms with E-state index in [1.165, 1.54) is 6.26 Å². The van der Waals surface area contributed by atoms with Crippen molar-refractivity contribution in [2.75, 3.05) is 18.4 Å². The van der Waals surface area contributed by atoms with Crippen LogP contribution >= 0.6 is 31.9 Å². The molecule has 0 aliphatic carbocycles. The molecule has 0 radical (unpaired) electrons. The molecule has 1 aromatic heterocycles. The summed E-state index contributed by atoms with van der Waals surface area (Å²) < 4.78 is 11.5. The monoisotopic (exact) mass is 379 g/mol. The number of carbonyl (C=O) groups excluding carboxylic acids is 1. The molecule has 2 rings (SSSR count). The van der Waals surface area contributed by atoms with Gasteiger partial charge in [0.15, 0.2) is 4.67 Å². The van der Waals surface area contributed by atoms with Gasteiger partial charge in [-0.3, -0.25) is 4.79 Å². The van der Waals surface area contributed by atoms with Crippen LogP contribution in [-0.2, 0) is 4.74 Å². The van der Waals surface area contributed by atoms with Crippen LogP contribution in [-0.4, -0.2) is 40.9 Å². The Morgan fingerprint density at radius 2 is 2.33 bits per heavy atom. The number of halogens is 2. The maximum atomic E-state index is 12.4. The minimum absolute atomic E-state index is 0.0170. The Bertz CT molecular complexity index is 444. The Morgan fingerprint density at radius 3 is 2.89 bits per heavy atom. The lowest BCUT2D eigenvalue weighted by molar-refractivity contribution is -0.116. The van der Waals surface area contributed by atoms with Crippen LogP contribution in [0.3, 0.4) is 0 Å². The maximum absolute atomic E-state index is 12.4. The Balaban J connectivity index is 2.17. The summed E-state index contributed by atoms with van der Waals surface area (Å²) in [5, 5.41) is 0.715. The lowest BCUT2D eigenvalue weighted by Crippen LogP contribution is -2.55. The van der Waals surface area contributed by atoms with Crippen LogP contribution in [0.15, 0.2) is 21.4 Å². The molecule has 1 unspecified atom stereocenters. The molecule has 18 heavy (non-hydrogen) atoms. The number of furan rings is 1. The molecule has 1 amide bonds. The van der Waals surface area contributed by atoms with Crippen molar-refractivity contribution in [3.05, 3.63) is 22.6 Å². The van der Waals surface area contributed by atoms with Gasteiger partial charge in [-0.15, -0.1) is 0 Å². The molecule has 0 N–H and O–H groups in total. The van der Waals surface area contributed by atoms with Gasteiger partial charge in [0.1, 0.15) is 0 Å². The van der Waals surface area contributed by atoms with E-state index >= 15 is 0 Å². The Kier molecular flexibility index (Phi) is 4.18. The first-order chi connectivity index (χ1) is 8.43. The second-order valence-corrected chi connectivity index (χ2v) is 6.32. The molecule has 1 fully saturated rings. The quantitative estimate of drug-likeness (QED) is 0.740. The molecule has 0 aromatic carbocycles. The zero-order chi connectivity index (χ0) is 13.3. The number of amides is 1. The molecular formula is C12H15Br2NO3. The van der Waals surface area contributed by atoms with Crippen molar-refractivity contribution >= 4 is 37.8 Å². The van der Waals surface area contributed by atoms with Gasteiger partial charge >= 0.3 is 0 Å². The number of alkyl halides is 1. The summed E-state index contributed by atoms with van der Waals surface area (Å²) in [6, 6.07) is 1.68. The molecular weight excluding hydrogens is 366 g/mol. The van der Waals surface area contributed by atoms with Crippen molar-refractivity contribution in [3.63, 3.8) is 0 Å². The zero-order valence-electron chi connectivity index (χ0n) is 10.3. The third kappa shape index (κ3) is 2.97. The average Bonchev–Trinajstić information content (AvgIpc) is 2.72. The van der Waals surface area contributed by atoms with E-state index in [9.17, 15) is 4.79 Å². The minimum Gasteiger partial charge on any atom is -0.457 e. The fraction of sp³-hybridized carbons (Fsp3) is 0.583. The summed E-state index contributed by atoms with van der Waals surface area (Å²) in [6.07, 6.45) is 1.52. The van der Waals surface area contributed by atoms with E-state index in [1.807, 2.05) is 18.7 Å². The number of nitrogens with zero attached hydrogens (tertiary/aromatic N) is 1. The SMILES string of the molecule is CC1(C)CN(C(=O)c2ccoc2Br)CC(CBr)O1. The van der Waals surface area contributed by atoms with Crippen LogP contribution in [0.2, 0.25) is 0 Å². The number of carbonyl (C=O) groups is 1. The summed E-state index contributed by atoms with van der Waals surface area (Å²) in [4.78, 5) is 14.2. The van der Waals surface area contributed by atoms with Crippen molar-refractivity contribution in [2.24, 2.45) is 0 Å². The van der Waals surface area contributed by atoms with E-state index in [4.69, 9.17) is 9.15 Å². The predicted octanol–water partition coefficient (Wildman–Crippen LogP) is 3.06. The van der Waals surface area contributed by atoms with Gasteiger partial charge in [0.25, 0.3) is 5.91 Å². The number of hydrogen-bond donors (Lipinski definition) is 0. The first kappa shape index (κ1) is 14.1. The Labute approximate surface area is 123 Å². The van der Waals surface area contributed by atoms with Crippen LogP contribution in [0, 0.1) is 0 Å². The van der Waals surface area contributed by atoms with E-state index in [-0.39, 0.29) is 17.6 Å². The van der Waals surface area contributed by atoms with Crippen molar-refractivity contribution < 1.29 is 13.9 Å². The molecule has 0 saturated carbocycles. The van der Waals surface area contributed by atoms with Gasteiger partial charge in [-0.1, -0.05) is 15.9 Å². The third-order valence-electron chi connectivity index (χ3n) is 2.79. The fourth-order valence-electron chi connectivity index (χ4n) is 2.15. The summed E-state index contributed by atoms with van der Waals surface area (Å²) in [5.41, 5.74) is 0.226. The molecule has 1 aromatic rings. The second-order valence-electron chi connectivity index (χ2n) is 4.95. The lowest BCUT2D eigenvalue weighted by Gasteiger charge is -2.42. The molecule has 6 heteroatoms. The van der Waals surface area contributed by atoms with Crippen molar-refractivity contribution in [1.82, 2.24) is 4.90 Å². The summed E-state index contributed by atoms with van der Waals surface area (Å²) in [5.74, 6) is -0.0297. The Morgan fingerprint density at radius 1 is 1.61 bits per heavy atom. The first-order valence-electron chi connectivity index (χ1n) is 5.69. The molecule has 4 nitrogen and oxygen atoms in total. The molecule has 0 spiro atoms. The second kappa shape index (κ2) is 5.35. The molecule has 1 saturated heterocycles. The first-order valence-corrected chi connectivity index (χ1v) is 7.60. The topological polar surface area (TPSA) is 42.7 Å². The highest BCUT2D eigenvalue weighted by atomic mass is 79.9. The van der Waals surface area contributed by atoms with Crippen LogP contribution in [0.1, 0.15) is 24.2 Å². The molecule has 2 heterocycles. The summed E-state index contributed by atoms with van der Waals surface area (Å²) in [6.45, 7) is 5.15. The molecule has 1 aliphatic heterocycles. The van der Waals surface area contributed by atoms with Gasteiger partial charge in [-0.25, -0.2) is 0 Å². The largest absolute Gasteiger partial charge is 0.457 e. The van der Waals surface area contributed by atoms with E-state index in [0.29, 0.717) is 28.7 Å². The van der Waals surface area contributed by atoms with Gasteiger partial charge in [0.05, 0.1) is 23.5 Å². The van der Waals surface area contributed by atoms with E-state index in [2.05, 4.69) is 31.9 Å². The molecule has 1 aliphatic rings. The summed E-state index contributed by atoms with van der Waals surface area (Å²) in [7, 11) is 0. The van der Waals surface area contributed by atoms with Crippen LogP contribution in [0.4, 0.5) is 0 Å². The third-order valence-corrected chi connectivity index (χ3v) is 4.13. The standard InChI is InChI=1S/C12H15Br2NO3/c1-12(2)7-15(6-8(5-13)18-12)11(16)9-3-4-17-10(9)14/h3-4,8H,5-7H2,1-2H3. The highest BCUT2D eigenvalue weighted by Gasteiger charge is 2.36. The van der Waals surface area contributed by atoms with Crippen molar-refractivity contribution in [1.29, 1.82) is 0 Å². The average molecular weight is 381 g/mol. The van der Waals surface area contributed by atoms with Crippen LogP contribution < -0.4 is 0 Å². The highest BCUT2D eigenvalue weighted by molar-refractivity contribution is 9.10. The normalized spacial score (nSPS) is 23.1. The van der Waals surface area contributed by atoms with Crippen molar-refractivity contribution in [3.8, 4) is 0 Å². The van der Waals surface area contributed by atoms with Crippen LogP contribution in [0.5, 0.6) is 0 Å².